The molecular formula is C11H13ClF3NO2. The quantitative estimate of drug-likeness (QED) is 0.793. The highest BCUT2D eigenvalue weighted by molar-refractivity contribution is 6.30. The number of alkyl halides is 3. The molecule has 18 heavy (non-hydrogen) atoms. The molecule has 102 valence electrons. The molecule has 1 aromatic carbocycles. The summed E-state index contributed by atoms with van der Waals surface area (Å²) in [6, 6.07) is 2.70. The van der Waals surface area contributed by atoms with Crippen LogP contribution in [-0.4, -0.2) is 22.9 Å². The third kappa shape index (κ3) is 3.84. The van der Waals surface area contributed by atoms with Crippen LogP contribution in [0.4, 0.5) is 13.2 Å². The second kappa shape index (κ2) is 5.88. The second-order valence-corrected chi connectivity index (χ2v) is 4.30. The van der Waals surface area contributed by atoms with E-state index in [0.29, 0.717) is 0 Å². The highest BCUT2D eigenvalue weighted by atomic mass is 35.5. The van der Waals surface area contributed by atoms with Crippen LogP contribution in [0.25, 0.3) is 0 Å². The van der Waals surface area contributed by atoms with Crippen LogP contribution in [0.3, 0.4) is 0 Å². The van der Waals surface area contributed by atoms with Crippen LogP contribution >= 0.6 is 11.6 Å². The fourth-order valence-electron chi connectivity index (χ4n) is 1.50. The minimum Gasteiger partial charge on any atom is -0.390 e. The summed E-state index contributed by atoms with van der Waals surface area (Å²) in [6.45, 7) is 0.116. The summed E-state index contributed by atoms with van der Waals surface area (Å²) in [5, 5.41) is 19.1. The Labute approximate surface area is 107 Å². The molecule has 0 aliphatic heterocycles. The molecule has 0 aromatic heterocycles. The van der Waals surface area contributed by atoms with Crippen LogP contribution in [0.5, 0.6) is 0 Å². The Morgan fingerprint density at radius 3 is 2.33 bits per heavy atom. The van der Waals surface area contributed by atoms with Gasteiger partial charge >= 0.3 is 6.18 Å². The molecule has 2 unspecified atom stereocenters. The van der Waals surface area contributed by atoms with Crippen molar-refractivity contribution in [2.24, 2.45) is 5.73 Å². The van der Waals surface area contributed by atoms with Crippen molar-refractivity contribution in [2.75, 3.05) is 6.54 Å². The lowest BCUT2D eigenvalue weighted by Gasteiger charge is -2.19. The molecule has 1 rings (SSSR count). The average Bonchev–Trinajstić information content (AvgIpc) is 2.26. The summed E-state index contributed by atoms with van der Waals surface area (Å²) >= 11 is 5.56. The molecule has 3 nitrogen and oxygen atoms in total. The van der Waals surface area contributed by atoms with E-state index in [0.717, 1.165) is 12.1 Å². The molecule has 0 bridgehead atoms. The van der Waals surface area contributed by atoms with E-state index in [1.54, 1.807) is 0 Å². The molecule has 1 aromatic rings. The van der Waals surface area contributed by atoms with Crippen LogP contribution in [0.15, 0.2) is 18.2 Å². The lowest BCUT2D eigenvalue weighted by atomic mass is 10.00. The lowest BCUT2D eigenvalue weighted by molar-refractivity contribution is -0.137. The summed E-state index contributed by atoms with van der Waals surface area (Å²) in [7, 11) is 0. The summed E-state index contributed by atoms with van der Waals surface area (Å²) in [5.74, 6) is 0. The third-order valence-corrected chi connectivity index (χ3v) is 2.63. The van der Waals surface area contributed by atoms with Gasteiger partial charge in [0.05, 0.1) is 11.7 Å². The van der Waals surface area contributed by atoms with Gasteiger partial charge in [0.1, 0.15) is 6.10 Å². The van der Waals surface area contributed by atoms with Crippen molar-refractivity contribution >= 4 is 11.6 Å². The highest BCUT2D eigenvalue weighted by Gasteiger charge is 2.32. The second-order valence-electron chi connectivity index (χ2n) is 3.86. The summed E-state index contributed by atoms with van der Waals surface area (Å²) < 4.78 is 37.6. The standard InChI is InChI=1S/C11H13ClF3NO2/c12-8-4-6(10(18)9(17)1-2-16)3-7(5-8)11(13,14)15/h3-5,9-10,17-18H,1-2,16H2. The van der Waals surface area contributed by atoms with Crippen molar-refractivity contribution in [1.82, 2.24) is 0 Å². The molecule has 0 radical (unpaired) electrons. The maximum absolute atomic E-state index is 12.5. The fraction of sp³-hybridized carbons (Fsp3) is 0.455. The molecule has 0 saturated heterocycles. The van der Waals surface area contributed by atoms with Gasteiger partial charge < -0.3 is 15.9 Å². The Morgan fingerprint density at radius 2 is 1.83 bits per heavy atom. The van der Waals surface area contributed by atoms with Gasteiger partial charge in [-0.2, -0.15) is 13.2 Å². The maximum Gasteiger partial charge on any atom is 0.416 e. The molecular weight excluding hydrogens is 271 g/mol. The van der Waals surface area contributed by atoms with Gasteiger partial charge in [0.2, 0.25) is 0 Å². The Balaban J connectivity index is 3.06. The zero-order chi connectivity index (χ0) is 13.9. The molecule has 4 N–H and O–H groups in total. The predicted molar refractivity (Wildman–Crippen MR) is 61.1 cm³/mol. The zero-order valence-corrected chi connectivity index (χ0v) is 10.0. The first kappa shape index (κ1) is 15.2. The van der Waals surface area contributed by atoms with E-state index in [2.05, 4.69) is 0 Å². The van der Waals surface area contributed by atoms with E-state index in [4.69, 9.17) is 17.3 Å². The first-order chi connectivity index (χ1) is 8.25. The van der Waals surface area contributed by atoms with E-state index in [-0.39, 0.29) is 23.6 Å². The van der Waals surface area contributed by atoms with Crippen LogP contribution in [0, 0.1) is 0 Å². The van der Waals surface area contributed by atoms with Crippen molar-refractivity contribution < 1.29 is 23.4 Å². The van der Waals surface area contributed by atoms with Crippen LogP contribution in [0.1, 0.15) is 23.7 Å². The van der Waals surface area contributed by atoms with E-state index in [1.807, 2.05) is 0 Å². The van der Waals surface area contributed by atoms with E-state index < -0.39 is 23.9 Å². The predicted octanol–water partition coefficient (Wildman–Crippen LogP) is 2.10. The molecule has 0 saturated carbocycles. The van der Waals surface area contributed by atoms with E-state index in [9.17, 15) is 23.4 Å². The number of halogens is 4. The monoisotopic (exact) mass is 283 g/mol. The minimum atomic E-state index is -4.56. The smallest absolute Gasteiger partial charge is 0.390 e. The number of benzene rings is 1. The van der Waals surface area contributed by atoms with Crippen molar-refractivity contribution in [2.45, 2.75) is 24.8 Å². The minimum absolute atomic E-state index is 0.0784. The topological polar surface area (TPSA) is 66.5 Å². The SMILES string of the molecule is NCCC(O)C(O)c1cc(Cl)cc(C(F)(F)F)c1. The molecule has 0 heterocycles. The fourth-order valence-corrected chi connectivity index (χ4v) is 1.74. The first-order valence-corrected chi connectivity index (χ1v) is 5.57. The van der Waals surface area contributed by atoms with Crippen molar-refractivity contribution in [3.05, 3.63) is 34.3 Å². The lowest BCUT2D eigenvalue weighted by Crippen LogP contribution is -2.22. The van der Waals surface area contributed by atoms with E-state index >= 15 is 0 Å². The van der Waals surface area contributed by atoms with Gasteiger partial charge in [-0.05, 0) is 36.7 Å². The van der Waals surface area contributed by atoms with Crippen LogP contribution in [0.2, 0.25) is 5.02 Å². The summed E-state index contributed by atoms with van der Waals surface area (Å²) in [4.78, 5) is 0. The largest absolute Gasteiger partial charge is 0.416 e. The van der Waals surface area contributed by atoms with Crippen LogP contribution in [-0.2, 0) is 6.18 Å². The van der Waals surface area contributed by atoms with Gasteiger partial charge in [-0.25, -0.2) is 0 Å². The Kier molecular flexibility index (Phi) is 4.98. The summed E-state index contributed by atoms with van der Waals surface area (Å²) in [5.41, 5.74) is 4.14. The summed E-state index contributed by atoms with van der Waals surface area (Å²) in [6.07, 6.45) is -7.16. The van der Waals surface area contributed by atoms with Gasteiger partial charge in [-0.1, -0.05) is 11.6 Å². The number of hydrogen-bond acceptors (Lipinski definition) is 3. The van der Waals surface area contributed by atoms with Gasteiger partial charge in [0.15, 0.2) is 0 Å². The van der Waals surface area contributed by atoms with Gasteiger partial charge in [0.25, 0.3) is 0 Å². The number of hydrogen-bond donors (Lipinski definition) is 3. The molecule has 0 aliphatic rings. The van der Waals surface area contributed by atoms with Crippen molar-refractivity contribution in [3.8, 4) is 0 Å². The Morgan fingerprint density at radius 1 is 1.22 bits per heavy atom. The molecule has 2 atom stereocenters. The normalized spacial score (nSPS) is 15.5. The van der Waals surface area contributed by atoms with Gasteiger partial charge in [-0.15, -0.1) is 0 Å². The van der Waals surface area contributed by atoms with Crippen molar-refractivity contribution in [3.63, 3.8) is 0 Å². The van der Waals surface area contributed by atoms with E-state index in [1.165, 1.54) is 6.07 Å². The molecule has 0 spiro atoms. The zero-order valence-electron chi connectivity index (χ0n) is 9.28. The number of rotatable bonds is 4. The number of nitrogens with two attached hydrogens (primary N) is 1. The third-order valence-electron chi connectivity index (χ3n) is 2.42. The molecule has 0 aliphatic carbocycles. The Hall–Kier alpha value is -0.820. The first-order valence-electron chi connectivity index (χ1n) is 5.19. The number of aliphatic hydroxyl groups is 2. The van der Waals surface area contributed by atoms with Crippen molar-refractivity contribution in [1.29, 1.82) is 0 Å². The average molecular weight is 284 g/mol. The number of aliphatic hydroxyl groups excluding tert-OH is 2. The van der Waals surface area contributed by atoms with Crippen LogP contribution < -0.4 is 5.73 Å². The molecule has 0 amide bonds. The maximum atomic E-state index is 12.5. The molecule has 7 heteroatoms. The molecule has 0 fully saturated rings. The highest BCUT2D eigenvalue weighted by Crippen LogP contribution is 2.34. The van der Waals surface area contributed by atoms with Gasteiger partial charge in [0, 0.05) is 5.02 Å². The van der Waals surface area contributed by atoms with Gasteiger partial charge in [-0.3, -0.25) is 0 Å². The Bertz CT molecular complexity index is 412.